The van der Waals surface area contributed by atoms with Gasteiger partial charge < -0.3 is 15.0 Å². The molecule has 1 fully saturated rings. The van der Waals surface area contributed by atoms with Crippen molar-refractivity contribution in [2.24, 2.45) is 0 Å². The Morgan fingerprint density at radius 3 is 2.72 bits per heavy atom. The van der Waals surface area contributed by atoms with Crippen LogP contribution in [0.1, 0.15) is 32.4 Å². The second-order valence-corrected chi connectivity index (χ2v) is 6.57. The molecule has 134 valence electrons. The molecule has 1 N–H and O–H groups in total. The Kier molecular flexibility index (Phi) is 5.33. The molecule has 2 aromatic rings. The number of nitrogens with one attached hydrogen (secondary N) is 1. The SMILES string of the molecule is C[C@@H]1CN(c2ccc(CNC(=O)[C@@H](C)n3cccn3)cn2)C[C@@H](C)O1. The Labute approximate surface area is 148 Å². The monoisotopic (exact) mass is 343 g/mol. The van der Waals surface area contributed by atoms with Gasteiger partial charge in [-0.1, -0.05) is 6.07 Å². The molecule has 0 aromatic carbocycles. The molecule has 7 heteroatoms. The molecule has 3 atom stereocenters. The van der Waals surface area contributed by atoms with E-state index in [1.54, 1.807) is 23.1 Å². The first-order valence-electron chi connectivity index (χ1n) is 8.65. The van der Waals surface area contributed by atoms with Gasteiger partial charge in [0.2, 0.25) is 5.91 Å². The second kappa shape index (κ2) is 7.65. The Bertz CT molecular complexity index is 676. The van der Waals surface area contributed by atoms with Gasteiger partial charge in [0.1, 0.15) is 11.9 Å². The standard InChI is InChI=1S/C18H25N5O2/c1-13-11-22(12-14(2)25-13)17-6-5-16(9-19-17)10-20-18(24)15(3)23-8-4-7-21-23/h4-9,13-15H,10-12H2,1-3H3,(H,20,24)/t13-,14-,15-/m1/s1. The summed E-state index contributed by atoms with van der Waals surface area (Å²) < 4.78 is 7.39. The lowest BCUT2D eigenvalue weighted by molar-refractivity contribution is -0.124. The van der Waals surface area contributed by atoms with Crippen molar-refractivity contribution in [1.29, 1.82) is 0 Å². The average molecular weight is 343 g/mol. The summed E-state index contributed by atoms with van der Waals surface area (Å²) in [5, 5.41) is 7.02. The van der Waals surface area contributed by atoms with Crippen molar-refractivity contribution >= 4 is 11.7 Å². The summed E-state index contributed by atoms with van der Waals surface area (Å²) in [7, 11) is 0. The number of hydrogen-bond acceptors (Lipinski definition) is 5. The smallest absolute Gasteiger partial charge is 0.244 e. The number of nitrogens with zero attached hydrogens (tertiary/aromatic N) is 4. The fourth-order valence-corrected chi connectivity index (χ4v) is 3.04. The van der Waals surface area contributed by atoms with Crippen LogP contribution in [-0.2, 0) is 16.1 Å². The van der Waals surface area contributed by atoms with Gasteiger partial charge in [0.25, 0.3) is 0 Å². The third kappa shape index (κ3) is 4.36. The van der Waals surface area contributed by atoms with E-state index in [4.69, 9.17) is 4.74 Å². The maximum Gasteiger partial charge on any atom is 0.244 e. The summed E-state index contributed by atoms with van der Waals surface area (Å²) in [5.74, 6) is 0.880. The van der Waals surface area contributed by atoms with Gasteiger partial charge in [-0.2, -0.15) is 5.10 Å². The number of pyridine rings is 1. The molecule has 0 aliphatic carbocycles. The van der Waals surface area contributed by atoms with Gasteiger partial charge in [-0.25, -0.2) is 4.98 Å². The predicted molar refractivity (Wildman–Crippen MR) is 95.2 cm³/mol. The van der Waals surface area contributed by atoms with E-state index >= 15 is 0 Å². The lowest BCUT2D eigenvalue weighted by atomic mass is 10.2. The maximum absolute atomic E-state index is 12.2. The fourth-order valence-electron chi connectivity index (χ4n) is 3.04. The van der Waals surface area contributed by atoms with Crippen LogP contribution in [0.4, 0.5) is 5.82 Å². The molecule has 2 aromatic heterocycles. The number of carbonyl (C=O) groups is 1. The third-order valence-electron chi connectivity index (χ3n) is 4.32. The number of rotatable bonds is 5. The molecule has 0 bridgehead atoms. The first kappa shape index (κ1) is 17.4. The molecule has 3 heterocycles. The van der Waals surface area contributed by atoms with E-state index in [0.29, 0.717) is 6.54 Å². The van der Waals surface area contributed by atoms with E-state index < -0.39 is 0 Å². The normalized spacial score (nSPS) is 21.8. The van der Waals surface area contributed by atoms with Crippen molar-refractivity contribution in [1.82, 2.24) is 20.1 Å². The van der Waals surface area contributed by atoms with Gasteiger partial charge in [-0.05, 0) is 38.5 Å². The molecule has 3 rings (SSSR count). The highest BCUT2D eigenvalue weighted by Gasteiger charge is 2.23. The summed E-state index contributed by atoms with van der Waals surface area (Å²) in [6.45, 7) is 8.11. The van der Waals surface area contributed by atoms with Crippen LogP contribution in [0.2, 0.25) is 0 Å². The van der Waals surface area contributed by atoms with Crippen molar-refractivity contribution in [2.45, 2.75) is 45.6 Å². The highest BCUT2D eigenvalue weighted by atomic mass is 16.5. The summed E-state index contributed by atoms with van der Waals surface area (Å²) >= 11 is 0. The van der Waals surface area contributed by atoms with E-state index in [9.17, 15) is 4.79 Å². The van der Waals surface area contributed by atoms with Crippen LogP contribution >= 0.6 is 0 Å². The van der Waals surface area contributed by atoms with Crippen LogP contribution in [0.5, 0.6) is 0 Å². The molecule has 25 heavy (non-hydrogen) atoms. The van der Waals surface area contributed by atoms with E-state index in [0.717, 1.165) is 24.5 Å². The van der Waals surface area contributed by atoms with Gasteiger partial charge in [0, 0.05) is 38.2 Å². The quantitative estimate of drug-likeness (QED) is 0.896. The minimum atomic E-state index is -0.335. The number of amides is 1. The number of hydrogen-bond donors (Lipinski definition) is 1. The Hall–Kier alpha value is -2.41. The maximum atomic E-state index is 12.2. The van der Waals surface area contributed by atoms with E-state index in [1.165, 1.54) is 0 Å². The minimum absolute atomic E-state index is 0.0661. The van der Waals surface area contributed by atoms with Crippen LogP contribution in [-0.4, -0.2) is 46.0 Å². The highest BCUT2D eigenvalue weighted by Crippen LogP contribution is 2.18. The zero-order valence-electron chi connectivity index (χ0n) is 14.9. The fraction of sp³-hybridized carbons (Fsp3) is 0.500. The molecule has 1 aliphatic rings. The van der Waals surface area contributed by atoms with Crippen molar-refractivity contribution in [3.05, 3.63) is 42.4 Å². The van der Waals surface area contributed by atoms with Gasteiger partial charge in [-0.3, -0.25) is 9.48 Å². The number of aromatic nitrogens is 3. The summed E-state index contributed by atoms with van der Waals surface area (Å²) in [6.07, 6.45) is 5.67. The first-order chi connectivity index (χ1) is 12.0. The number of carbonyl (C=O) groups excluding carboxylic acids is 1. The van der Waals surface area contributed by atoms with Crippen LogP contribution in [0.25, 0.3) is 0 Å². The molecule has 7 nitrogen and oxygen atoms in total. The second-order valence-electron chi connectivity index (χ2n) is 6.57. The van der Waals surface area contributed by atoms with E-state index in [2.05, 4.69) is 34.1 Å². The van der Waals surface area contributed by atoms with Crippen LogP contribution in [0.3, 0.4) is 0 Å². The number of morpholine rings is 1. The molecule has 0 radical (unpaired) electrons. The van der Waals surface area contributed by atoms with Crippen LogP contribution in [0, 0.1) is 0 Å². The predicted octanol–water partition coefficient (Wildman–Crippen LogP) is 1.77. The van der Waals surface area contributed by atoms with Crippen molar-refractivity contribution in [2.75, 3.05) is 18.0 Å². The van der Waals surface area contributed by atoms with Crippen LogP contribution in [0.15, 0.2) is 36.8 Å². The zero-order valence-corrected chi connectivity index (χ0v) is 14.9. The largest absolute Gasteiger partial charge is 0.372 e. The van der Waals surface area contributed by atoms with E-state index in [-0.39, 0.29) is 24.2 Å². The molecule has 1 amide bonds. The van der Waals surface area contributed by atoms with Gasteiger partial charge >= 0.3 is 0 Å². The summed E-state index contributed by atoms with van der Waals surface area (Å²) in [4.78, 5) is 19.0. The zero-order chi connectivity index (χ0) is 17.8. The van der Waals surface area contributed by atoms with Crippen LogP contribution < -0.4 is 10.2 Å². The Morgan fingerprint density at radius 1 is 1.36 bits per heavy atom. The summed E-state index contributed by atoms with van der Waals surface area (Å²) in [5.41, 5.74) is 0.971. The molecule has 0 spiro atoms. The molecule has 1 saturated heterocycles. The average Bonchev–Trinajstić information content (AvgIpc) is 3.13. The first-order valence-corrected chi connectivity index (χ1v) is 8.65. The summed E-state index contributed by atoms with van der Waals surface area (Å²) in [6, 6.07) is 5.48. The topological polar surface area (TPSA) is 72.3 Å². The van der Waals surface area contributed by atoms with Crippen molar-refractivity contribution in [3.63, 3.8) is 0 Å². The lowest BCUT2D eigenvalue weighted by Crippen LogP contribution is -2.45. The molecule has 0 saturated carbocycles. The van der Waals surface area contributed by atoms with E-state index in [1.807, 2.05) is 25.3 Å². The molecule has 1 aliphatic heterocycles. The molecular formula is C18H25N5O2. The third-order valence-corrected chi connectivity index (χ3v) is 4.32. The molecular weight excluding hydrogens is 318 g/mol. The van der Waals surface area contributed by atoms with Crippen molar-refractivity contribution in [3.8, 4) is 0 Å². The Balaban J connectivity index is 1.55. The molecule has 0 unspecified atom stereocenters. The van der Waals surface area contributed by atoms with Gasteiger partial charge in [-0.15, -0.1) is 0 Å². The number of ether oxygens (including phenoxy) is 1. The highest BCUT2D eigenvalue weighted by molar-refractivity contribution is 5.79. The Morgan fingerprint density at radius 2 is 2.12 bits per heavy atom. The van der Waals surface area contributed by atoms with Gasteiger partial charge in [0.15, 0.2) is 0 Å². The lowest BCUT2D eigenvalue weighted by Gasteiger charge is -2.36. The van der Waals surface area contributed by atoms with Crippen molar-refractivity contribution < 1.29 is 9.53 Å². The minimum Gasteiger partial charge on any atom is -0.372 e. The number of anilines is 1. The van der Waals surface area contributed by atoms with Gasteiger partial charge in [0.05, 0.1) is 12.2 Å².